The van der Waals surface area contributed by atoms with Gasteiger partial charge in [-0.3, -0.25) is 39.1 Å². The van der Waals surface area contributed by atoms with Crippen LogP contribution in [0.1, 0.15) is 94.4 Å². The van der Waals surface area contributed by atoms with Crippen molar-refractivity contribution in [3.05, 3.63) is 87.9 Å². The summed E-state index contributed by atoms with van der Waals surface area (Å²) >= 11 is 6.16. The molecule has 4 heterocycles. The van der Waals surface area contributed by atoms with E-state index in [-0.39, 0.29) is 36.8 Å². The standard InChI is InChI=1S/C44H48ClN7O6/c45-38-26-35(9-3-30(38)27-46)58-34-10-4-31(5-11-34)47-41(54)29-1-6-32(7-2-29)50-19-16-28(17-20-50)15-18-49-21-23-51(24-22-49)33-8-12-36-37(25-33)44(57)52(43(36)56)39-13-14-40(53)48-42(39)55/h1-3,6-9,12,25-26,28,31,34,39H,4-5,10-11,13-24H2,(H,47,54)(H,48,53,55). The Bertz CT molecular complexity index is 2110. The van der Waals surface area contributed by atoms with Crippen LogP contribution >= 0.6 is 11.6 Å². The molecule has 8 rings (SSSR count). The van der Waals surface area contributed by atoms with Gasteiger partial charge in [-0.05, 0) is 118 Å². The first kappa shape index (κ1) is 39.4. The molecule has 14 heteroatoms. The highest BCUT2D eigenvalue weighted by Crippen LogP contribution is 2.32. The van der Waals surface area contributed by atoms with Gasteiger partial charge in [-0.1, -0.05) is 11.6 Å². The topological polar surface area (TPSA) is 155 Å². The number of carbonyl (C=O) groups excluding carboxylic acids is 5. The summed E-state index contributed by atoms with van der Waals surface area (Å²) in [6.45, 7) is 6.48. The molecule has 0 radical (unpaired) electrons. The fourth-order valence-corrected chi connectivity index (χ4v) is 9.21. The first-order chi connectivity index (χ1) is 28.1. The highest BCUT2D eigenvalue weighted by atomic mass is 35.5. The molecule has 0 bridgehead atoms. The number of imide groups is 2. The maximum absolute atomic E-state index is 13.3. The van der Waals surface area contributed by atoms with Crippen LogP contribution in [0.25, 0.3) is 0 Å². The van der Waals surface area contributed by atoms with E-state index in [1.54, 1.807) is 30.3 Å². The average Bonchev–Trinajstić information content (AvgIpc) is 3.49. The van der Waals surface area contributed by atoms with Gasteiger partial charge in [0, 0.05) is 74.7 Å². The van der Waals surface area contributed by atoms with Gasteiger partial charge in [0.2, 0.25) is 11.8 Å². The van der Waals surface area contributed by atoms with Gasteiger partial charge < -0.3 is 19.9 Å². The minimum absolute atomic E-state index is 0.0495. The first-order valence-electron chi connectivity index (χ1n) is 20.5. The lowest BCUT2D eigenvalue weighted by Gasteiger charge is -2.38. The lowest BCUT2D eigenvalue weighted by atomic mass is 9.92. The molecule has 1 unspecified atom stereocenters. The van der Waals surface area contributed by atoms with E-state index in [1.165, 1.54) is 0 Å². The second-order valence-electron chi connectivity index (χ2n) is 16.1. The zero-order chi connectivity index (χ0) is 40.3. The van der Waals surface area contributed by atoms with Gasteiger partial charge in [0.15, 0.2) is 0 Å². The summed E-state index contributed by atoms with van der Waals surface area (Å²) in [4.78, 5) is 71.7. The molecule has 1 atom stereocenters. The van der Waals surface area contributed by atoms with Crippen LogP contribution < -0.4 is 25.2 Å². The molecule has 1 saturated carbocycles. The van der Waals surface area contributed by atoms with Crippen molar-refractivity contribution in [1.29, 1.82) is 5.26 Å². The van der Waals surface area contributed by atoms with Crippen LogP contribution in [-0.4, -0.2) is 103 Å². The number of nitriles is 1. The Labute approximate surface area is 343 Å². The number of piperazine rings is 1. The van der Waals surface area contributed by atoms with E-state index >= 15 is 0 Å². The summed E-state index contributed by atoms with van der Waals surface area (Å²) in [6.07, 6.45) is 7.02. The SMILES string of the molecule is N#Cc1ccc(OC2CCC(NC(=O)c3ccc(N4CCC(CCN5CCN(c6ccc7c(c6)C(=O)N(C6CCC(=O)NC6=O)C7=O)CC5)CC4)cc3)CC2)cc1Cl. The Kier molecular flexibility index (Phi) is 11.7. The molecule has 3 aromatic rings. The number of piperidine rings is 2. The molecule has 302 valence electrons. The third kappa shape index (κ3) is 8.54. The predicted octanol–water partition coefficient (Wildman–Crippen LogP) is 5.16. The van der Waals surface area contributed by atoms with E-state index in [1.807, 2.05) is 18.2 Å². The first-order valence-corrected chi connectivity index (χ1v) is 20.9. The molecule has 5 aliphatic rings. The number of rotatable bonds is 10. The predicted molar refractivity (Wildman–Crippen MR) is 218 cm³/mol. The number of hydrogen-bond donors (Lipinski definition) is 2. The minimum atomic E-state index is -0.967. The fourth-order valence-electron chi connectivity index (χ4n) is 9.00. The second kappa shape index (κ2) is 17.2. The lowest BCUT2D eigenvalue weighted by molar-refractivity contribution is -0.136. The number of anilines is 2. The summed E-state index contributed by atoms with van der Waals surface area (Å²) in [7, 11) is 0. The molecule has 3 aromatic carbocycles. The molecule has 1 aliphatic carbocycles. The van der Waals surface area contributed by atoms with Crippen molar-refractivity contribution in [2.75, 3.05) is 55.6 Å². The van der Waals surface area contributed by atoms with Gasteiger partial charge in [0.25, 0.3) is 17.7 Å². The quantitative estimate of drug-likeness (QED) is 0.263. The normalized spacial score (nSPS) is 23.0. The maximum Gasteiger partial charge on any atom is 0.262 e. The van der Waals surface area contributed by atoms with Crippen LogP contribution in [0.15, 0.2) is 60.7 Å². The Morgan fingerprint density at radius 3 is 2.17 bits per heavy atom. The van der Waals surface area contributed by atoms with Gasteiger partial charge in [-0.25, -0.2) is 0 Å². The summed E-state index contributed by atoms with van der Waals surface area (Å²) in [5.41, 5.74) is 3.75. The monoisotopic (exact) mass is 805 g/mol. The van der Waals surface area contributed by atoms with E-state index < -0.39 is 23.8 Å². The Morgan fingerprint density at radius 1 is 0.793 bits per heavy atom. The molecule has 0 aromatic heterocycles. The van der Waals surface area contributed by atoms with Crippen LogP contribution in [0.3, 0.4) is 0 Å². The number of carbonyl (C=O) groups is 5. The lowest BCUT2D eigenvalue weighted by Crippen LogP contribution is -2.54. The van der Waals surface area contributed by atoms with Gasteiger partial charge in [0.1, 0.15) is 17.9 Å². The van der Waals surface area contributed by atoms with E-state index in [9.17, 15) is 24.0 Å². The number of benzene rings is 3. The van der Waals surface area contributed by atoms with Crippen molar-refractivity contribution in [3.8, 4) is 11.8 Å². The minimum Gasteiger partial charge on any atom is -0.490 e. The van der Waals surface area contributed by atoms with Gasteiger partial charge in [-0.2, -0.15) is 5.26 Å². The molecule has 4 aliphatic heterocycles. The molecule has 4 fully saturated rings. The number of halogens is 1. The van der Waals surface area contributed by atoms with Gasteiger partial charge in [-0.15, -0.1) is 0 Å². The molecule has 58 heavy (non-hydrogen) atoms. The molecular formula is C44H48ClN7O6. The smallest absolute Gasteiger partial charge is 0.262 e. The fraction of sp³-hybridized carbons (Fsp3) is 0.455. The van der Waals surface area contributed by atoms with Crippen LogP contribution in [0, 0.1) is 17.2 Å². The number of hydrogen-bond acceptors (Lipinski definition) is 10. The number of amides is 5. The van der Waals surface area contributed by atoms with Crippen LogP contribution in [0.4, 0.5) is 11.4 Å². The zero-order valence-corrected chi connectivity index (χ0v) is 33.2. The van der Waals surface area contributed by atoms with Gasteiger partial charge in [0.05, 0.1) is 27.8 Å². The van der Waals surface area contributed by atoms with E-state index in [2.05, 4.69) is 43.5 Å². The van der Waals surface area contributed by atoms with Crippen molar-refractivity contribution in [1.82, 2.24) is 20.4 Å². The van der Waals surface area contributed by atoms with E-state index in [0.29, 0.717) is 38.9 Å². The van der Waals surface area contributed by atoms with E-state index in [0.717, 1.165) is 107 Å². The summed E-state index contributed by atoms with van der Waals surface area (Å²) in [5.74, 6) is -0.686. The Hall–Kier alpha value is -5.45. The summed E-state index contributed by atoms with van der Waals surface area (Å²) < 4.78 is 6.10. The van der Waals surface area contributed by atoms with Crippen LogP contribution in [-0.2, 0) is 9.59 Å². The highest BCUT2D eigenvalue weighted by molar-refractivity contribution is 6.31. The van der Waals surface area contributed by atoms with Crippen molar-refractivity contribution < 1.29 is 28.7 Å². The number of nitrogens with one attached hydrogen (secondary N) is 2. The molecule has 5 amide bonds. The Balaban J connectivity index is 0.735. The van der Waals surface area contributed by atoms with E-state index in [4.69, 9.17) is 21.6 Å². The molecule has 13 nitrogen and oxygen atoms in total. The zero-order valence-electron chi connectivity index (χ0n) is 32.5. The van der Waals surface area contributed by atoms with Crippen molar-refractivity contribution >= 4 is 52.5 Å². The molecule has 0 spiro atoms. The van der Waals surface area contributed by atoms with Crippen molar-refractivity contribution in [3.63, 3.8) is 0 Å². The molecular weight excluding hydrogens is 758 g/mol. The van der Waals surface area contributed by atoms with Crippen molar-refractivity contribution in [2.24, 2.45) is 5.92 Å². The number of fused-ring (bicyclic) bond motifs is 1. The van der Waals surface area contributed by atoms with Crippen LogP contribution in [0.5, 0.6) is 5.75 Å². The molecule has 2 N–H and O–H groups in total. The third-order valence-electron chi connectivity index (χ3n) is 12.5. The second-order valence-corrected chi connectivity index (χ2v) is 16.5. The Morgan fingerprint density at radius 2 is 1.48 bits per heavy atom. The highest BCUT2D eigenvalue weighted by Gasteiger charge is 2.45. The largest absolute Gasteiger partial charge is 0.490 e. The third-order valence-corrected chi connectivity index (χ3v) is 12.8. The van der Waals surface area contributed by atoms with Gasteiger partial charge >= 0.3 is 0 Å². The average molecular weight is 806 g/mol. The summed E-state index contributed by atoms with van der Waals surface area (Å²) in [6, 6.07) is 19.6. The van der Waals surface area contributed by atoms with Crippen LogP contribution in [0.2, 0.25) is 5.02 Å². The maximum atomic E-state index is 13.3. The number of nitrogens with zero attached hydrogens (tertiary/aromatic N) is 5. The van der Waals surface area contributed by atoms with Crippen molar-refractivity contribution in [2.45, 2.75) is 76.0 Å². The summed E-state index contributed by atoms with van der Waals surface area (Å²) in [5, 5.41) is 14.9. The molecule has 3 saturated heterocycles. The number of ether oxygens (including phenoxy) is 1.